The maximum atomic E-state index is 15.0. The molecule has 1 aliphatic carbocycles. The fourth-order valence-electron chi connectivity index (χ4n) is 4.56. The van der Waals surface area contributed by atoms with Gasteiger partial charge in [-0.1, -0.05) is 43.7 Å². The molecule has 0 radical (unpaired) electrons. The summed E-state index contributed by atoms with van der Waals surface area (Å²) in [4.78, 5) is 0. The van der Waals surface area contributed by atoms with Gasteiger partial charge >= 0.3 is 6.11 Å². The summed E-state index contributed by atoms with van der Waals surface area (Å²) in [5.74, 6) is -3.58. The van der Waals surface area contributed by atoms with Gasteiger partial charge in [0.1, 0.15) is 5.75 Å². The van der Waals surface area contributed by atoms with Gasteiger partial charge in [-0.15, -0.1) is 0 Å². The molecule has 1 saturated carbocycles. The number of hydrogen-bond donors (Lipinski definition) is 0. The van der Waals surface area contributed by atoms with E-state index in [1.54, 1.807) is 12.1 Å². The summed E-state index contributed by atoms with van der Waals surface area (Å²) in [5.41, 5.74) is 0.650. The Balaban J connectivity index is 1.55. The van der Waals surface area contributed by atoms with Crippen molar-refractivity contribution in [3.05, 3.63) is 89.2 Å². The smallest absolute Gasteiger partial charge is 0.426 e. The molecule has 4 rings (SSSR count). The molecule has 3 aromatic carbocycles. The third-order valence-electron chi connectivity index (χ3n) is 6.56. The van der Waals surface area contributed by atoms with Gasteiger partial charge in [-0.3, -0.25) is 0 Å². The molecule has 174 valence electrons. The SMILES string of the molecule is CCC1CCC(c2ccc(C(F)(F)Oc3ccccc3-c3cc(F)c(F)c(F)c3)cc2)CC1. The van der Waals surface area contributed by atoms with E-state index in [0.29, 0.717) is 5.92 Å². The van der Waals surface area contributed by atoms with Gasteiger partial charge in [0, 0.05) is 5.56 Å². The van der Waals surface area contributed by atoms with Crippen LogP contribution in [0.15, 0.2) is 60.7 Å². The summed E-state index contributed by atoms with van der Waals surface area (Å²) in [6.45, 7) is 2.20. The molecule has 0 aromatic heterocycles. The molecule has 1 aliphatic rings. The Kier molecular flexibility index (Phi) is 6.73. The van der Waals surface area contributed by atoms with Gasteiger partial charge < -0.3 is 4.74 Å². The lowest BCUT2D eigenvalue weighted by atomic mass is 9.78. The molecule has 1 nitrogen and oxygen atoms in total. The van der Waals surface area contributed by atoms with Crippen LogP contribution in [0, 0.1) is 23.4 Å². The van der Waals surface area contributed by atoms with Gasteiger partial charge in [0.05, 0.1) is 5.56 Å². The molecule has 0 unspecified atom stereocenters. The number of hydrogen-bond acceptors (Lipinski definition) is 1. The quantitative estimate of drug-likeness (QED) is 0.264. The minimum Gasteiger partial charge on any atom is -0.428 e. The van der Waals surface area contributed by atoms with Crippen molar-refractivity contribution >= 4 is 0 Å². The highest BCUT2D eigenvalue weighted by molar-refractivity contribution is 5.70. The molecule has 0 N–H and O–H groups in total. The highest BCUT2D eigenvalue weighted by Gasteiger charge is 2.35. The van der Waals surface area contributed by atoms with Crippen molar-refractivity contribution in [2.45, 2.75) is 51.1 Å². The van der Waals surface area contributed by atoms with Crippen LogP contribution in [0.3, 0.4) is 0 Å². The zero-order valence-corrected chi connectivity index (χ0v) is 18.3. The van der Waals surface area contributed by atoms with E-state index in [9.17, 15) is 13.2 Å². The van der Waals surface area contributed by atoms with E-state index in [1.165, 1.54) is 42.8 Å². The van der Waals surface area contributed by atoms with Crippen molar-refractivity contribution in [3.8, 4) is 16.9 Å². The van der Waals surface area contributed by atoms with Crippen molar-refractivity contribution in [1.82, 2.24) is 0 Å². The van der Waals surface area contributed by atoms with Crippen LogP contribution in [0.4, 0.5) is 22.0 Å². The van der Waals surface area contributed by atoms with Gasteiger partial charge in [0.2, 0.25) is 0 Å². The Morgan fingerprint density at radius 3 is 2.06 bits per heavy atom. The minimum absolute atomic E-state index is 0.0271. The third-order valence-corrected chi connectivity index (χ3v) is 6.56. The van der Waals surface area contributed by atoms with Crippen molar-refractivity contribution < 1.29 is 26.7 Å². The lowest BCUT2D eigenvalue weighted by Crippen LogP contribution is -2.22. The number of para-hydroxylation sites is 1. The maximum absolute atomic E-state index is 15.0. The summed E-state index contributed by atoms with van der Waals surface area (Å²) in [5, 5.41) is 0. The van der Waals surface area contributed by atoms with E-state index < -0.39 is 23.6 Å². The van der Waals surface area contributed by atoms with Crippen LogP contribution in [0.5, 0.6) is 5.75 Å². The first-order valence-corrected chi connectivity index (χ1v) is 11.2. The van der Waals surface area contributed by atoms with E-state index in [2.05, 4.69) is 6.92 Å². The topological polar surface area (TPSA) is 9.23 Å². The Hall–Kier alpha value is -2.89. The fraction of sp³-hybridized carbons (Fsp3) is 0.333. The van der Waals surface area contributed by atoms with Gasteiger partial charge in [-0.25, -0.2) is 13.2 Å². The van der Waals surface area contributed by atoms with E-state index in [4.69, 9.17) is 4.74 Å². The Morgan fingerprint density at radius 1 is 0.848 bits per heavy atom. The molecule has 0 atom stereocenters. The predicted molar refractivity (Wildman–Crippen MR) is 118 cm³/mol. The summed E-state index contributed by atoms with van der Waals surface area (Å²) >= 11 is 0. The highest BCUT2D eigenvalue weighted by Crippen LogP contribution is 2.40. The van der Waals surface area contributed by atoms with Crippen LogP contribution in [-0.4, -0.2) is 0 Å². The van der Waals surface area contributed by atoms with Crippen molar-refractivity contribution in [3.63, 3.8) is 0 Å². The first kappa shape index (κ1) is 23.3. The molecule has 0 spiro atoms. The number of benzene rings is 3. The van der Waals surface area contributed by atoms with E-state index in [-0.39, 0.29) is 22.4 Å². The van der Waals surface area contributed by atoms with Crippen LogP contribution in [0.2, 0.25) is 0 Å². The van der Waals surface area contributed by atoms with Crippen molar-refractivity contribution in [2.75, 3.05) is 0 Å². The van der Waals surface area contributed by atoms with E-state index in [0.717, 1.165) is 49.3 Å². The van der Waals surface area contributed by atoms with Crippen LogP contribution in [-0.2, 0) is 6.11 Å². The zero-order valence-electron chi connectivity index (χ0n) is 18.3. The predicted octanol–water partition coefficient (Wildman–Crippen LogP) is 8.58. The first-order chi connectivity index (χ1) is 15.8. The normalized spacial score (nSPS) is 18.8. The third kappa shape index (κ3) is 5.05. The van der Waals surface area contributed by atoms with Gasteiger partial charge in [-0.2, -0.15) is 8.78 Å². The molecule has 6 heteroatoms. The van der Waals surface area contributed by atoms with Crippen LogP contribution >= 0.6 is 0 Å². The Morgan fingerprint density at radius 2 is 1.45 bits per heavy atom. The number of halogens is 5. The summed E-state index contributed by atoms with van der Waals surface area (Å²) in [7, 11) is 0. The van der Waals surface area contributed by atoms with Gasteiger partial charge in [0.25, 0.3) is 0 Å². The first-order valence-electron chi connectivity index (χ1n) is 11.2. The maximum Gasteiger partial charge on any atom is 0.426 e. The second-order valence-electron chi connectivity index (χ2n) is 8.62. The molecule has 0 saturated heterocycles. The van der Waals surface area contributed by atoms with E-state index >= 15 is 8.78 Å². The van der Waals surface area contributed by atoms with E-state index in [1.807, 2.05) is 0 Å². The molecule has 0 bridgehead atoms. The Bertz CT molecular complexity index is 1080. The second-order valence-corrected chi connectivity index (χ2v) is 8.62. The Labute approximate surface area is 190 Å². The summed E-state index contributed by atoms with van der Waals surface area (Å²) < 4.78 is 75.7. The average molecular weight is 460 g/mol. The minimum atomic E-state index is -3.67. The molecule has 0 amide bonds. The highest BCUT2D eigenvalue weighted by atomic mass is 19.3. The average Bonchev–Trinajstić information content (AvgIpc) is 2.82. The lowest BCUT2D eigenvalue weighted by molar-refractivity contribution is -0.185. The molecular weight excluding hydrogens is 435 g/mol. The second kappa shape index (κ2) is 9.54. The standard InChI is InChI=1S/C27H25F5O/c1-2-17-7-9-18(10-8-17)19-11-13-21(14-12-19)27(31,32)33-25-6-4-3-5-22(25)20-15-23(28)26(30)24(29)16-20/h3-6,11-18H,2,7-10H2,1H3. The van der Waals surface area contributed by atoms with Gasteiger partial charge in [0.15, 0.2) is 17.5 Å². The molecule has 3 aromatic rings. The van der Waals surface area contributed by atoms with Crippen molar-refractivity contribution in [2.24, 2.45) is 5.92 Å². The number of alkyl halides is 2. The zero-order chi connectivity index (χ0) is 23.6. The van der Waals surface area contributed by atoms with Gasteiger partial charge in [-0.05, 0) is 79.0 Å². The number of rotatable bonds is 6. The molecule has 1 fully saturated rings. The molecule has 0 aliphatic heterocycles. The lowest BCUT2D eigenvalue weighted by Gasteiger charge is -2.28. The summed E-state index contributed by atoms with van der Waals surface area (Å²) in [6.07, 6.45) is 1.93. The van der Waals surface area contributed by atoms with Crippen LogP contribution in [0.1, 0.15) is 56.1 Å². The molecule has 0 heterocycles. The van der Waals surface area contributed by atoms with Crippen LogP contribution < -0.4 is 4.74 Å². The largest absolute Gasteiger partial charge is 0.428 e. The number of ether oxygens (including phenoxy) is 1. The fourth-order valence-corrected chi connectivity index (χ4v) is 4.56. The van der Waals surface area contributed by atoms with Crippen LogP contribution in [0.25, 0.3) is 11.1 Å². The summed E-state index contributed by atoms with van der Waals surface area (Å²) in [6, 6.07) is 13.3. The molecule has 33 heavy (non-hydrogen) atoms. The van der Waals surface area contributed by atoms with Crippen molar-refractivity contribution in [1.29, 1.82) is 0 Å². The molecular formula is C27H25F5O. The monoisotopic (exact) mass is 460 g/mol.